The molecule has 0 spiro atoms. The van der Waals surface area contributed by atoms with Crippen molar-refractivity contribution >= 4 is 11.6 Å². The van der Waals surface area contributed by atoms with Gasteiger partial charge in [-0.2, -0.15) is 0 Å². The Kier molecular flexibility index (Phi) is 1.42. The molecular weight excluding hydrogens is 170 g/mol. The molecule has 1 heteroatoms. The summed E-state index contributed by atoms with van der Waals surface area (Å²) in [4.78, 5) is 0. The zero-order chi connectivity index (χ0) is 9.54. The molecule has 3 rings (SSSR count). The predicted octanol–water partition coefficient (Wildman–Crippen LogP) is 0.660. The highest BCUT2D eigenvalue weighted by atomic mass is 14.6. The Labute approximate surface area is 82.6 Å². The second-order valence-corrected chi connectivity index (χ2v) is 3.74. The van der Waals surface area contributed by atoms with E-state index in [0.717, 1.165) is 5.70 Å². The van der Waals surface area contributed by atoms with Gasteiger partial charge in [-0.1, -0.05) is 42.5 Å². The summed E-state index contributed by atoms with van der Waals surface area (Å²) >= 11 is 0. The monoisotopic (exact) mass is 181 g/mol. The van der Waals surface area contributed by atoms with E-state index in [1.54, 1.807) is 0 Å². The van der Waals surface area contributed by atoms with Crippen LogP contribution in [0.3, 0.4) is 0 Å². The van der Waals surface area contributed by atoms with Crippen molar-refractivity contribution in [3.05, 3.63) is 58.6 Å². The van der Waals surface area contributed by atoms with Crippen molar-refractivity contribution in [1.29, 1.82) is 0 Å². The molecule has 0 saturated heterocycles. The van der Waals surface area contributed by atoms with Gasteiger partial charge in [0.2, 0.25) is 0 Å². The summed E-state index contributed by atoms with van der Waals surface area (Å²) in [7, 11) is 0. The van der Waals surface area contributed by atoms with Crippen molar-refractivity contribution in [1.82, 2.24) is 0 Å². The Bertz CT molecular complexity index is 561. The molecule has 0 unspecified atom stereocenters. The average Bonchev–Trinajstić information content (AvgIpc) is 2.54. The molecule has 1 aromatic carbocycles. The van der Waals surface area contributed by atoms with Crippen LogP contribution < -0.4 is 16.2 Å². The third kappa shape index (κ3) is 0.956. The van der Waals surface area contributed by atoms with Crippen LogP contribution in [0.2, 0.25) is 0 Å². The molecule has 0 radical (unpaired) electrons. The third-order valence-electron chi connectivity index (χ3n) is 2.82. The summed E-state index contributed by atoms with van der Waals surface area (Å²) in [6, 6.07) is 8.47. The Morgan fingerprint density at radius 1 is 1.00 bits per heavy atom. The first-order chi connectivity index (χ1) is 6.84. The predicted molar refractivity (Wildman–Crippen MR) is 58.5 cm³/mol. The molecule has 0 aromatic heterocycles. The minimum atomic E-state index is 0.386. The van der Waals surface area contributed by atoms with Gasteiger partial charge in [-0.3, -0.25) is 0 Å². The molecule has 68 valence electrons. The highest BCUT2D eigenvalue weighted by Gasteiger charge is 2.15. The van der Waals surface area contributed by atoms with Gasteiger partial charge in [-0.15, -0.1) is 0 Å². The van der Waals surface area contributed by atoms with Crippen molar-refractivity contribution in [3.63, 3.8) is 0 Å². The number of allylic oxidation sites excluding steroid dienone is 3. The molecular formula is C13H11N. The van der Waals surface area contributed by atoms with E-state index in [1.807, 2.05) is 6.08 Å². The molecule has 0 bridgehead atoms. The van der Waals surface area contributed by atoms with E-state index in [9.17, 15) is 0 Å². The van der Waals surface area contributed by atoms with Crippen molar-refractivity contribution in [2.45, 2.75) is 0 Å². The molecule has 2 aliphatic carbocycles. The highest BCUT2D eigenvalue weighted by molar-refractivity contribution is 5.74. The number of hydrogen-bond donors (Lipinski definition) is 1. The maximum absolute atomic E-state index is 5.77. The van der Waals surface area contributed by atoms with Crippen molar-refractivity contribution < 1.29 is 0 Å². The van der Waals surface area contributed by atoms with Crippen LogP contribution in [0.1, 0.15) is 0 Å². The van der Waals surface area contributed by atoms with Gasteiger partial charge < -0.3 is 5.73 Å². The molecule has 1 aromatic rings. The van der Waals surface area contributed by atoms with Gasteiger partial charge in [0.05, 0.1) is 0 Å². The maximum atomic E-state index is 5.77. The van der Waals surface area contributed by atoms with E-state index in [-0.39, 0.29) is 0 Å². The minimum absolute atomic E-state index is 0.386. The summed E-state index contributed by atoms with van der Waals surface area (Å²) in [5, 5.41) is 2.67. The van der Waals surface area contributed by atoms with Crippen LogP contribution in [0, 0.1) is 5.92 Å². The molecule has 1 nitrogen and oxygen atoms in total. The molecule has 0 aliphatic heterocycles. The summed E-state index contributed by atoms with van der Waals surface area (Å²) in [6.07, 6.45) is 8.47. The Balaban J connectivity index is 2.36. The largest absolute Gasteiger partial charge is 0.399 e. The number of nitrogens with two attached hydrogens (primary N) is 1. The summed E-state index contributed by atoms with van der Waals surface area (Å²) in [6.45, 7) is 0. The SMILES string of the molecule is NC1=C[C@@H]2C=c3ccccc3=C2C=C1. The number of rotatable bonds is 0. The summed E-state index contributed by atoms with van der Waals surface area (Å²) in [5.74, 6) is 0.386. The van der Waals surface area contributed by atoms with E-state index in [4.69, 9.17) is 5.73 Å². The molecule has 0 heterocycles. The van der Waals surface area contributed by atoms with Crippen molar-refractivity contribution in [2.24, 2.45) is 11.7 Å². The molecule has 0 saturated carbocycles. The second kappa shape index (κ2) is 2.61. The first-order valence-electron chi connectivity index (χ1n) is 4.81. The summed E-state index contributed by atoms with van der Waals surface area (Å²) < 4.78 is 0. The third-order valence-corrected chi connectivity index (χ3v) is 2.82. The van der Waals surface area contributed by atoms with E-state index in [1.165, 1.54) is 16.0 Å². The second-order valence-electron chi connectivity index (χ2n) is 3.74. The smallest absolute Gasteiger partial charge is 0.0282 e. The minimum Gasteiger partial charge on any atom is -0.399 e. The van der Waals surface area contributed by atoms with Crippen LogP contribution in [-0.4, -0.2) is 0 Å². The Morgan fingerprint density at radius 3 is 2.79 bits per heavy atom. The van der Waals surface area contributed by atoms with Crippen LogP contribution in [-0.2, 0) is 0 Å². The van der Waals surface area contributed by atoms with Crippen molar-refractivity contribution in [2.75, 3.05) is 0 Å². The number of hydrogen-bond acceptors (Lipinski definition) is 1. The van der Waals surface area contributed by atoms with Crippen molar-refractivity contribution in [3.8, 4) is 0 Å². The van der Waals surface area contributed by atoms with Gasteiger partial charge in [0.25, 0.3) is 0 Å². The van der Waals surface area contributed by atoms with E-state index in [0.29, 0.717) is 5.92 Å². The zero-order valence-electron chi connectivity index (χ0n) is 7.77. The maximum Gasteiger partial charge on any atom is 0.0282 e. The average molecular weight is 181 g/mol. The van der Waals surface area contributed by atoms with Gasteiger partial charge in [0.1, 0.15) is 0 Å². The quantitative estimate of drug-likeness (QED) is 0.625. The van der Waals surface area contributed by atoms with E-state index >= 15 is 0 Å². The fraction of sp³-hybridized carbons (Fsp3) is 0.0769. The zero-order valence-corrected chi connectivity index (χ0v) is 7.77. The Morgan fingerprint density at radius 2 is 1.86 bits per heavy atom. The molecule has 0 fully saturated rings. The van der Waals surface area contributed by atoms with Crippen LogP contribution >= 0.6 is 0 Å². The fourth-order valence-corrected chi connectivity index (χ4v) is 2.16. The van der Waals surface area contributed by atoms with Crippen LogP contribution in [0.5, 0.6) is 0 Å². The van der Waals surface area contributed by atoms with Gasteiger partial charge in [-0.05, 0) is 22.1 Å². The molecule has 2 aliphatic rings. The van der Waals surface area contributed by atoms with Gasteiger partial charge >= 0.3 is 0 Å². The standard InChI is InChI=1S/C13H11N/c14-11-5-6-13-10(8-11)7-9-3-1-2-4-12(9)13/h1-8,10H,14H2/t10-/m0/s1. The molecule has 1 atom stereocenters. The van der Waals surface area contributed by atoms with Crippen LogP contribution in [0.15, 0.2) is 48.2 Å². The van der Waals surface area contributed by atoms with E-state index in [2.05, 4.69) is 42.5 Å². The molecule has 14 heavy (non-hydrogen) atoms. The molecule has 2 N–H and O–H groups in total. The lowest BCUT2D eigenvalue weighted by molar-refractivity contribution is 1.13. The summed E-state index contributed by atoms with van der Waals surface area (Å²) in [5.41, 5.74) is 8.00. The normalized spacial score (nSPS) is 22.4. The van der Waals surface area contributed by atoms with Crippen LogP contribution in [0.25, 0.3) is 11.6 Å². The van der Waals surface area contributed by atoms with Gasteiger partial charge in [-0.25, -0.2) is 0 Å². The van der Waals surface area contributed by atoms with E-state index < -0.39 is 0 Å². The first kappa shape index (κ1) is 7.63. The number of fused-ring (bicyclic) bond motifs is 2. The lowest BCUT2D eigenvalue weighted by Crippen LogP contribution is -2.21. The Hall–Kier alpha value is -1.76. The topological polar surface area (TPSA) is 26.0 Å². The highest BCUT2D eigenvalue weighted by Crippen LogP contribution is 2.23. The first-order valence-corrected chi connectivity index (χ1v) is 4.81. The molecule has 0 amide bonds. The van der Waals surface area contributed by atoms with Gasteiger partial charge in [0, 0.05) is 11.6 Å². The van der Waals surface area contributed by atoms with Crippen LogP contribution in [0.4, 0.5) is 0 Å². The fourth-order valence-electron chi connectivity index (χ4n) is 2.16. The lowest BCUT2D eigenvalue weighted by Gasteiger charge is -2.11. The number of benzene rings is 1. The van der Waals surface area contributed by atoms with Gasteiger partial charge in [0.15, 0.2) is 0 Å². The lowest BCUT2D eigenvalue weighted by atomic mass is 9.95.